The molecule has 27 heavy (non-hydrogen) atoms. The van der Waals surface area contributed by atoms with Gasteiger partial charge in [0.25, 0.3) is 0 Å². The van der Waals surface area contributed by atoms with Gasteiger partial charge in [0.05, 0.1) is 48.2 Å². The number of ether oxygens (including phenoxy) is 2. The van der Waals surface area contributed by atoms with Crippen molar-refractivity contribution < 1.29 is 14.6 Å². The van der Waals surface area contributed by atoms with Crippen molar-refractivity contribution in [2.45, 2.75) is 6.54 Å². The van der Waals surface area contributed by atoms with E-state index >= 15 is 0 Å². The summed E-state index contributed by atoms with van der Waals surface area (Å²) in [4.78, 5) is 12.3. The van der Waals surface area contributed by atoms with Crippen molar-refractivity contribution in [2.24, 2.45) is 5.92 Å². The SMILES string of the molecule is Oc1nc(Oc2ccc3c(cnn3CC3C=COC3)c2)nc2cnccc12. The Hall–Kier alpha value is -3.68. The van der Waals surface area contributed by atoms with Crippen LogP contribution in [0.3, 0.4) is 0 Å². The largest absolute Gasteiger partial charge is 0.501 e. The molecule has 0 spiro atoms. The van der Waals surface area contributed by atoms with Crippen LogP contribution in [0, 0.1) is 5.92 Å². The number of aromatic nitrogens is 5. The number of hydrogen-bond acceptors (Lipinski definition) is 7. The summed E-state index contributed by atoms with van der Waals surface area (Å²) in [5.41, 5.74) is 1.52. The van der Waals surface area contributed by atoms with Crippen molar-refractivity contribution >= 4 is 21.8 Å². The minimum atomic E-state index is -0.141. The highest BCUT2D eigenvalue weighted by Crippen LogP contribution is 2.28. The molecule has 3 aromatic heterocycles. The summed E-state index contributed by atoms with van der Waals surface area (Å²) in [5, 5.41) is 16.0. The standard InChI is InChI=1S/C19H15N5O3/c25-18-15-3-5-20-9-16(15)22-19(23-18)27-14-1-2-17-13(7-14)8-21-24(17)10-12-4-6-26-11-12/h1-9,12H,10-11H2,(H,22,23,25). The van der Waals surface area contributed by atoms with E-state index in [9.17, 15) is 5.11 Å². The first-order valence-corrected chi connectivity index (χ1v) is 8.49. The van der Waals surface area contributed by atoms with Gasteiger partial charge in [-0.05, 0) is 30.3 Å². The van der Waals surface area contributed by atoms with Gasteiger partial charge in [-0.3, -0.25) is 9.67 Å². The summed E-state index contributed by atoms with van der Waals surface area (Å²) >= 11 is 0. The van der Waals surface area contributed by atoms with Gasteiger partial charge < -0.3 is 14.6 Å². The lowest BCUT2D eigenvalue weighted by atomic mass is 10.2. The maximum absolute atomic E-state index is 10.1. The van der Waals surface area contributed by atoms with E-state index in [0.717, 1.165) is 17.4 Å². The summed E-state index contributed by atoms with van der Waals surface area (Å²) < 4.78 is 13.0. The fourth-order valence-corrected chi connectivity index (χ4v) is 3.11. The van der Waals surface area contributed by atoms with Gasteiger partial charge in [-0.2, -0.15) is 15.1 Å². The van der Waals surface area contributed by atoms with E-state index in [1.54, 1.807) is 30.9 Å². The molecule has 1 aromatic carbocycles. The normalized spacial score (nSPS) is 16.1. The molecule has 8 heteroatoms. The first-order valence-electron chi connectivity index (χ1n) is 8.49. The summed E-state index contributed by atoms with van der Waals surface area (Å²) in [6.45, 7) is 1.44. The molecule has 0 aliphatic carbocycles. The van der Waals surface area contributed by atoms with E-state index in [4.69, 9.17) is 9.47 Å². The quantitative estimate of drug-likeness (QED) is 0.597. The van der Waals surface area contributed by atoms with Crippen molar-refractivity contribution in [3.63, 3.8) is 0 Å². The van der Waals surface area contributed by atoms with Crippen LogP contribution in [0.25, 0.3) is 21.8 Å². The van der Waals surface area contributed by atoms with Gasteiger partial charge in [0.2, 0.25) is 5.88 Å². The monoisotopic (exact) mass is 361 g/mol. The zero-order chi connectivity index (χ0) is 18.2. The molecular formula is C19H15N5O3. The van der Waals surface area contributed by atoms with Gasteiger partial charge in [0, 0.05) is 17.5 Å². The van der Waals surface area contributed by atoms with Crippen LogP contribution in [-0.2, 0) is 11.3 Å². The van der Waals surface area contributed by atoms with Gasteiger partial charge in [0.1, 0.15) is 5.75 Å². The van der Waals surface area contributed by atoms with Crippen LogP contribution in [0.5, 0.6) is 17.6 Å². The van der Waals surface area contributed by atoms with E-state index in [1.807, 2.05) is 29.0 Å². The van der Waals surface area contributed by atoms with Crippen LogP contribution in [0.4, 0.5) is 0 Å². The third-order valence-corrected chi connectivity index (χ3v) is 4.45. The lowest BCUT2D eigenvalue weighted by Crippen LogP contribution is -2.11. The molecule has 0 radical (unpaired) electrons. The summed E-state index contributed by atoms with van der Waals surface area (Å²) in [7, 11) is 0. The molecular weight excluding hydrogens is 346 g/mol. The maximum Gasteiger partial charge on any atom is 0.325 e. The fourth-order valence-electron chi connectivity index (χ4n) is 3.11. The van der Waals surface area contributed by atoms with Crippen LogP contribution in [0.15, 0.2) is 55.2 Å². The molecule has 0 bridgehead atoms. The molecule has 1 atom stereocenters. The van der Waals surface area contributed by atoms with Crippen LogP contribution in [0.2, 0.25) is 0 Å². The third-order valence-electron chi connectivity index (χ3n) is 4.45. The van der Waals surface area contributed by atoms with E-state index < -0.39 is 0 Å². The number of benzene rings is 1. The molecule has 0 fully saturated rings. The Morgan fingerprint density at radius 2 is 2.19 bits per heavy atom. The Morgan fingerprint density at radius 3 is 3.07 bits per heavy atom. The molecule has 0 amide bonds. The minimum Gasteiger partial charge on any atom is -0.501 e. The van der Waals surface area contributed by atoms with E-state index in [2.05, 4.69) is 20.1 Å². The molecule has 1 unspecified atom stereocenters. The average Bonchev–Trinajstić information content (AvgIpc) is 3.32. The van der Waals surface area contributed by atoms with Gasteiger partial charge in [-0.1, -0.05) is 0 Å². The van der Waals surface area contributed by atoms with E-state index in [1.165, 1.54) is 0 Å². The maximum atomic E-state index is 10.1. The molecule has 1 aliphatic rings. The number of aromatic hydroxyl groups is 1. The fraction of sp³-hybridized carbons (Fsp3) is 0.158. The number of rotatable bonds is 4. The van der Waals surface area contributed by atoms with Crippen LogP contribution in [-0.4, -0.2) is 36.4 Å². The average molecular weight is 361 g/mol. The van der Waals surface area contributed by atoms with Gasteiger partial charge in [0.15, 0.2) is 0 Å². The molecule has 8 nitrogen and oxygen atoms in total. The molecule has 4 aromatic rings. The second kappa shape index (κ2) is 6.24. The number of pyridine rings is 1. The van der Waals surface area contributed by atoms with Crippen molar-refractivity contribution in [1.29, 1.82) is 0 Å². The van der Waals surface area contributed by atoms with Crippen LogP contribution in [0.1, 0.15) is 0 Å². The molecule has 5 rings (SSSR count). The minimum absolute atomic E-state index is 0.0629. The summed E-state index contributed by atoms with van der Waals surface area (Å²) in [6.07, 6.45) is 8.70. The first-order chi connectivity index (χ1) is 13.3. The van der Waals surface area contributed by atoms with E-state index in [-0.39, 0.29) is 11.9 Å². The van der Waals surface area contributed by atoms with Gasteiger partial charge >= 0.3 is 6.01 Å². The van der Waals surface area contributed by atoms with Crippen LogP contribution < -0.4 is 4.74 Å². The van der Waals surface area contributed by atoms with Gasteiger partial charge in [-0.25, -0.2) is 0 Å². The number of nitrogens with zero attached hydrogens (tertiary/aromatic N) is 5. The van der Waals surface area contributed by atoms with Gasteiger partial charge in [-0.15, -0.1) is 0 Å². The zero-order valence-corrected chi connectivity index (χ0v) is 14.2. The Bertz CT molecular complexity index is 1170. The van der Waals surface area contributed by atoms with Crippen molar-refractivity contribution in [2.75, 3.05) is 6.61 Å². The second-order valence-electron chi connectivity index (χ2n) is 6.29. The Morgan fingerprint density at radius 1 is 1.22 bits per heavy atom. The number of fused-ring (bicyclic) bond motifs is 2. The molecule has 134 valence electrons. The van der Waals surface area contributed by atoms with Crippen molar-refractivity contribution in [1.82, 2.24) is 24.7 Å². The lowest BCUT2D eigenvalue weighted by molar-refractivity contribution is 0.238. The Labute approximate surface area is 153 Å². The lowest BCUT2D eigenvalue weighted by Gasteiger charge is -2.09. The Balaban J connectivity index is 1.43. The summed E-state index contributed by atoms with van der Waals surface area (Å²) in [5.74, 6) is 0.749. The predicted octanol–water partition coefficient (Wildman–Crippen LogP) is 3.03. The van der Waals surface area contributed by atoms with Crippen LogP contribution >= 0.6 is 0 Å². The van der Waals surface area contributed by atoms with Crippen molar-refractivity contribution in [3.05, 3.63) is 55.2 Å². The molecule has 0 saturated carbocycles. The predicted molar refractivity (Wildman–Crippen MR) is 97.4 cm³/mol. The summed E-state index contributed by atoms with van der Waals surface area (Å²) in [6, 6.07) is 7.36. The topological polar surface area (TPSA) is 95.2 Å². The molecule has 4 heterocycles. The molecule has 1 aliphatic heterocycles. The molecule has 0 saturated heterocycles. The highest BCUT2D eigenvalue weighted by atomic mass is 16.5. The van der Waals surface area contributed by atoms with Crippen molar-refractivity contribution in [3.8, 4) is 17.6 Å². The molecule has 1 N–H and O–H groups in total. The highest BCUT2D eigenvalue weighted by Gasteiger charge is 2.14. The first kappa shape index (κ1) is 15.6. The third kappa shape index (κ3) is 2.91. The van der Waals surface area contributed by atoms with E-state index in [0.29, 0.717) is 29.2 Å². The number of hydrogen-bond donors (Lipinski definition) is 1. The highest BCUT2D eigenvalue weighted by molar-refractivity contribution is 5.82. The Kier molecular flexibility index (Phi) is 3.60. The smallest absolute Gasteiger partial charge is 0.325 e. The second-order valence-corrected chi connectivity index (χ2v) is 6.29. The zero-order valence-electron chi connectivity index (χ0n) is 14.2.